The van der Waals surface area contributed by atoms with Crippen LogP contribution in [0.15, 0.2) is 42.5 Å². The van der Waals surface area contributed by atoms with E-state index in [1.807, 2.05) is 6.07 Å². The Morgan fingerprint density at radius 1 is 1.11 bits per heavy atom. The molecule has 8 nitrogen and oxygen atoms in total. The quantitative estimate of drug-likeness (QED) is 0.436. The van der Waals surface area contributed by atoms with Gasteiger partial charge >= 0.3 is 5.97 Å². The number of nitrogens with zero attached hydrogens (tertiary/aromatic N) is 1. The van der Waals surface area contributed by atoms with Gasteiger partial charge in [0, 0.05) is 17.5 Å². The van der Waals surface area contributed by atoms with Crippen LogP contribution in [0.1, 0.15) is 72.5 Å². The Bertz CT molecular complexity index is 1140. The lowest BCUT2D eigenvalue weighted by Gasteiger charge is -2.34. The summed E-state index contributed by atoms with van der Waals surface area (Å²) in [5.41, 5.74) is 9.24. The third kappa shape index (κ3) is 6.18. The fraction of sp³-hybridized carbons (Fsp3) is 0.500. The maximum Gasteiger partial charge on any atom is 0.305 e. The largest absolute Gasteiger partial charge is 0.489 e. The molecule has 2 heterocycles. The van der Waals surface area contributed by atoms with Gasteiger partial charge in [-0.15, -0.1) is 0 Å². The number of nitrogens with one attached hydrogen (secondary N) is 1. The first-order valence-corrected chi connectivity index (χ1v) is 13.5. The van der Waals surface area contributed by atoms with Crippen LogP contribution < -0.4 is 15.8 Å². The summed E-state index contributed by atoms with van der Waals surface area (Å²) in [7, 11) is 1.28. The number of esters is 1. The van der Waals surface area contributed by atoms with Crippen LogP contribution in [0.25, 0.3) is 0 Å². The Balaban J connectivity index is 1.44. The van der Waals surface area contributed by atoms with Crippen LogP contribution in [-0.2, 0) is 27.5 Å². The van der Waals surface area contributed by atoms with Crippen LogP contribution in [-0.4, -0.2) is 48.9 Å². The molecule has 2 aromatic carbocycles. The smallest absolute Gasteiger partial charge is 0.305 e. The molecule has 0 radical (unpaired) electrons. The highest BCUT2D eigenvalue weighted by Gasteiger charge is 2.37. The number of methoxy groups -OCH3 is 1. The number of amides is 2. The van der Waals surface area contributed by atoms with Crippen LogP contribution >= 0.6 is 0 Å². The first-order chi connectivity index (χ1) is 18.3. The monoisotopic (exact) mass is 521 g/mol. The molecule has 0 bridgehead atoms. The summed E-state index contributed by atoms with van der Waals surface area (Å²) in [6, 6.07) is 13.1. The maximum atomic E-state index is 13.1. The summed E-state index contributed by atoms with van der Waals surface area (Å²) < 4.78 is 10.8. The van der Waals surface area contributed by atoms with Crippen molar-refractivity contribution in [3.63, 3.8) is 0 Å². The molecule has 4 rings (SSSR count). The normalized spacial score (nSPS) is 17.3. The van der Waals surface area contributed by atoms with E-state index >= 15 is 0 Å². The van der Waals surface area contributed by atoms with Gasteiger partial charge in [-0.2, -0.15) is 0 Å². The van der Waals surface area contributed by atoms with Gasteiger partial charge in [-0.3, -0.25) is 14.4 Å². The number of primary amides is 1. The van der Waals surface area contributed by atoms with Crippen LogP contribution in [0.2, 0.25) is 0 Å². The second-order valence-corrected chi connectivity index (χ2v) is 10.6. The van der Waals surface area contributed by atoms with Gasteiger partial charge in [0.25, 0.3) is 5.91 Å². The maximum absolute atomic E-state index is 13.1. The molecule has 2 aliphatic rings. The topological polar surface area (TPSA) is 111 Å². The molecule has 38 heavy (non-hydrogen) atoms. The van der Waals surface area contributed by atoms with E-state index in [1.165, 1.54) is 30.4 Å². The van der Waals surface area contributed by atoms with Crippen LogP contribution in [0.5, 0.6) is 5.75 Å². The van der Waals surface area contributed by atoms with Gasteiger partial charge in [0.15, 0.2) is 0 Å². The zero-order valence-corrected chi connectivity index (χ0v) is 22.6. The summed E-state index contributed by atoms with van der Waals surface area (Å²) in [5.74, 6) is 1.02. The number of hydrogen-bond acceptors (Lipinski definition) is 6. The van der Waals surface area contributed by atoms with Crippen molar-refractivity contribution in [2.24, 2.45) is 17.6 Å². The minimum Gasteiger partial charge on any atom is -0.489 e. The highest BCUT2D eigenvalue weighted by atomic mass is 16.5. The van der Waals surface area contributed by atoms with Crippen molar-refractivity contribution < 1.29 is 23.9 Å². The third-order valence-corrected chi connectivity index (χ3v) is 7.88. The number of nitrogens with two attached hydrogens (primary N) is 1. The van der Waals surface area contributed by atoms with Crippen molar-refractivity contribution in [1.29, 1.82) is 0 Å². The molecule has 2 amide bonds. The first kappa shape index (κ1) is 27.6. The Morgan fingerprint density at radius 2 is 1.82 bits per heavy atom. The number of hydrogen-bond donors (Lipinski definition) is 2. The van der Waals surface area contributed by atoms with E-state index in [4.69, 9.17) is 10.5 Å². The number of carbonyl (C=O) groups excluding carboxylic acids is 3. The van der Waals surface area contributed by atoms with E-state index < -0.39 is 17.9 Å². The van der Waals surface area contributed by atoms with Crippen LogP contribution in [0.4, 0.5) is 0 Å². The van der Waals surface area contributed by atoms with E-state index in [1.54, 1.807) is 12.1 Å². The molecular formula is C30H39N3O5. The Hall–Kier alpha value is -3.39. The summed E-state index contributed by atoms with van der Waals surface area (Å²) in [5, 5.41) is 3.47. The average Bonchev–Trinajstić information content (AvgIpc) is 3.25. The Kier molecular flexibility index (Phi) is 9.05. The van der Waals surface area contributed by atoms with E-state index in [0.29, 0.717) is 35.7 Å². The summed E-state index contributed by atoms with van der Waals surface area (Å²) in [6.45, 7) is 7.36. The number of carbonyl (C=O) groups is 3. The molecule has 2 aromatic rings. The van der Waals surface area contributed by atoms with Gasteiger partial charge in [-0.1, -0.05) is 44.2 Å². The van der Waals surface area contributed by atoms with Gasteiger partial charge in [-0.05, 0) is 73.4 Å². The standard InChI is InChI=1S/C30H39N3O5/c1-19(2)28(22-13-15-32-16-14-22)21-9-7-20(8-10-21)18-38-26-6-4-5-23-24(26)17-33(30(23)36)25(29(31)35)11-12-27(34)37-3/h4-10,19,22,25,28,32H,11-18H2,1-3H3,(H2,31,35). The number of benzene rings is 2. The number of fused-ring (bicyclic) bond motifs is 1. The molecule has 0 aliphatic carbocycles. The van der Waals surface area contributed by atoms with Crippen molar-refractivity contribution in [3.8, 4) is 5.75 Å². The molecule has 0 spiro atoms. The number of ether oxygens (including phenoxy) is 2. The zero-order chi connectivity index (χ0) is 27.2. The van der Waals surface area contributed by atoms with Crippen molar-refractivity contribution in [3.05, 3.63) is 64.7 Å². The lowest BCUT2D eigenvalue weighted by molar-refractivity contribution is -0.141. The van der Waals surface area contributed by atoms with E-state index in [-0.39, 0.29) is 25.3 Å². The van der Waals surface area contributed by atoms with Crippen LogP contribution in [0, 0.1) is 11.8 Å². The van der Waals surface area contributed by atoms with Gasteiger partial charge in [0.05, 0.1) is 13.7 Å². The van der Waals surface area contributed by atoms with Crippen molar-refractivity contribution in [2.45, 2.75) is 64.6 Å². The SMILES string of the molecule is COC(=O)CCC(C(N)=O)N1Cc2c(OCc3ccc(C(C(C)C)C4CCNCC4)cc3)cccc2C1=O. The van der Waals surface area contributed by atoms with Crippen molar-refractivity contribution >= 4 is 17.8 Å². The molecule has 8 heteroatoms. The van der Waals surface area contributed by atoms with Crippen LogP contribution in [0.3, 0.4) is 0 Å². The predicted octanol–water partition coefficient (Wildman–Crippen LogP) is 3.77. The first-order valence-electron chi connectivity index (χ1n) is 13.5. The molecule has 2 unspecified atom stereocenters. The highest BCUT2D eigenvalue weighted by molar-refractivity contribution is 6.01. The van der Waals surface area contributed by atoms with Gasteiger partial charge in [0.2, 0.25) is 5.91 Å². The third-order valence-electron chi connectivity index (χ3n) is 7.88. The summed E-state index contributed by atoms with van der Waals surface area (Å²) >= 11 is 0. The predicted molar refractivity (Wildman–Crippen MR) is 144 cm³/mol. The fourth-order valence-corrected chi connectivity index (χ4v) is 5.92. The van der Waals surface area contributed by atoms with Crippen molar-refractivity contribution in [1.82, 2.24) is 10.2 Å². The Labute approximate surface area is 224 Å². The molecule has 0 saturated carbocycles. The van der Waals surface area contributed by atoms with E-state index in [9.17, 15) is 14.4 Å². The number of rotatable bonds is 11. The van der Waals surface area contributed by atoms with Gasteiger partial charge in [-0.25, -0.2) is 0 Å². The second kappa shape index (κ2) is 12.4. The van der Waals surface area contributed by atoms with E-state index in [2.05, 4.69) is 48.2 Å². The van der Waals surface area contributed by atoms with Gasteiger partial charge in [0.1, 0.15) is 18.4 Å². The van der Waals surface area contributed by atoms with Gasteiger partial charge < -0.3 is 25.4 Å². The van der Waals surface area contributed by atoms with E-state index in [0.717, 1.165) is 24.2 Å². The molecule has 2 atom stereocenters. The Morgan fingerprint density at radius 3 is 2.45 bits per heavy atom. The molecular weight excluding hydrogens is 482 g/mol. The van der Waals surface area contributed by atoms with Crippen molar-refractivity contribution in [2.75, 3.05) is 20.2 Å². The average molecular weight is 522 g/mol. The second-order valence-electron chi connectivity index (χ2n) is 10.6. The lowest BCUT2D eigenvalue weighted by Crippen LogP contribution is -2.45. The summed E-state index contributed by atoms with van der Waals surface area (Å²) in [4.78, 5) is 38.3. The molecule has 0 aromatic heterocycles. The summed E-state index contributed by atoms with van der Waals surface area (Å²) in [6.07, 6.45) is 2.53. The minimum absolute atomic E-state index is 0.00110. The highest BCUT2D eigenvalue weighted by Crippen LogP contribution is 2.37. The molecule has 204 valence electrons. The molecule has 1 saturated heterocycles. The lowest BCUT2D eigenvalue weighted by atomic mass is 9.74. The molecule has 1 fully saturated rings. The molecule has 3 N–H and O–H groups in total. The zero-order valence-electron chi connectivity index (χ0n) is 22.6. The minimum atomic E-state index is -0.900. The fourth-order valence-electron chi connectivity index (χ4n) is 5.92. The molecule has 2 aliphatic heterocycles. The number of piperidine rings is 1.